The SMILES string of the molecule is Cc1nn(C)c2c1C1(CCNC1)C(C)C2. The first-order chi connectivity index (χ1) is 7.15. The van der Waals surface area contributed by atoms with Gasteiger partial charge >= 0.3 is 0 Å². The van der Waals surface area contributed by atoms with Gasteiger partial charge in [-0.05, 0) is 32.2 Å². The number of rotatable bonds is 0. The first kappa shape index (κ1) is 9.40. The van der Waals surface area contributed by atoms with E-state index in [0.29, 0.717) is 5.41 Å². The highest BCUT2D eigenvalue weighted by atomic mass is 15.3. The Kier molecular flexibility index (Phi) is 1.78. The van der Waals surface area contributed by atoms with Gasteiger partial charge in [0, 0.05) is 30.3 Å². The Hall–Kier alpha value is -0.830. The van der Waals surface area contributed by atoms with E-state index < -0.39 is 0 Å². The highest BCUT2D eigenvalue weighted by Crippen LogP contribution is 2.48. The van der Waals surface area contributed by atoms with Crippen molar-refractivity contribution < 1.29 is 0 Å². The molecule has 3 heteroatoms. The van der Waals surface area contributed by atoms with Crippen LogP contribution in [-0.4, -0.2) is 22.9 Å². The maximum absolute atomic E-state index is 4.57. The molecule has 1 aliphatic heterocycles. The van der Waals surface area contributed by atoms with E-state index in [-0.39, 0.29) is 0 Å². The molecule has 0 amide bonds. The molecule has 1 aromatic heterocycles. The van der Waals surface area contributed by atoms with E-state index in [9.17, 15) is 0 Å². The number of aryl methyl sites for hydroxylation is 2. The largest absolute Gasteiger partial charge is 0.316 e. The normalized spacial score (nSPS) is 33.9. The van der Waals surface area contributed by atoms with Gasteiger partial charge < -0.3 is 5.32 Å². The summed E-state index contributed by atoms with van der Waals surface area (Å²) in [6, 6.07) is 0. The maximum Gasteiger partial charge on any atom is 0.0634 e. The van der Waals surface area contributed by atoms with Crippen molar-refractivity contribution in [2.45, 2.75) is 32.1 Å². The Morgan fingerprint density at radius 2 is 2.33 bits per heavy atom. The fourth-order valence-electron chi connectivity index (χ4n) is 3.66. The first-order valence-electron chi connectivity index (χ1n) is 5.89. The van der Waals surface area contributed by atoms with Crippen LogP contribution in [0.3, 0.4) is 0 Å². The molecule has 82 valence electrons. The summed E-state index contributed by atoms with van der Waals surface area (Å²) in [5.41, 5.74) is 4.68. The molecular formula is C12H19N3. The highest BCUT2D eigenvalue weighted by Gasteiger charge is 2.49. The summed E-state index contributed by atoms with van der Waals surface area (Å²) in [7, 11) is 2.08. The first-order valence-corrected chi connectivity index (χ1v) is 5.89. The molecule has 0 aromatic carbocycles. The van der Waals surface area contributed by atoms with Crippen molar-refractivity contribution in [1.82, 2.24) is 15.1 Å². The molecule has 1 spiro atoms. The molecule has 1 saturated heterocycles. The molecule has 2 heterocycles. The predicted molar refractivity (Wildman–Crippen MR) is 60.0 cm³/mol. The molecule has 2 atom stereocenters. The summed E-state index contributed by atoms with van der Waals surface area (Å²) in [6.07, 6.45) is 2.49. The van der Waals surface area contributed by atoms with Crippen molar-refractivity contribution in [3.63, 3.8) is 0 Å². The van der Waals surface area contributed by atoms with Gasteiger partial charge in [0.1, 0.15) is 0 Å². The summed E-state index contributed by atoms with van der Waals surface area (Å²) in [5, 5.41) is 8.10. The Morgan fingerprint density at radius 1 is 1.53 bits per heavy atom. The van der Waals surface area contributed by atoms with Gasteiger partial charge in [0.05, 0.1) is 5.69 Å². The third kappa shape index (κ3) is 1.02. The van der Waals surface area contributed by atoms with E-state index >= 15 is 0 Å². The second-order valence-corrected chi connectivity index (χ2v) is 5.22. The van der Waals surface area contributed by atoms with Gasteiger partial charge in [0.25, 0.3) is 0 Å². The van der Waals surface area contributed by atoms with Crippen molar-refractivity contribution in [2.75, 3.05) is 13.1 Å². The van der Waals surface area contributed by atoms with Crippen LogP contribution in [0.5, 0.6) is 0 Å². The lowest BCUT2D eigenvalue weighted by Gasteiger charge is -2.28. The van der Waals surface area contributed by atoms with Crippen molar-refractivity contribution in [3.8, 4) is 0 Å². The van der Waals surface area contributed by atoms with Crippen LogP contribution in [0.25, 0.3) is 0 Å². The van der Waals surface area contributed by atoms with Crippen LogP contribution >= 0.6 is 0 Å². The van der Waals surface area contributed by atoms with Crippen LogP contribution in [-0.2, 0) is 18.9 Å². The van der Waals surface area contributed by atoms with Gasteiger partial charge in [0.15, 0.2) is 0 Å². The van der Waals surface area contributed by atoms with Crippen LogP contribution in [0.2, 0.25) is 0 Å². The summed E-state index contributed by atoms with van der Waals surface area (Å²) >= 11 is 0. The van der Waals surface area contributed by atoms with E-state index in [1.807, 2.05) is 0 Å². The third-order valence-corrected chi connectivity index (χ3v) is 4.47. The van der Waals surface area contributed by atoms with Crippen molar-refractivity contribution in [1.29, 1.82) is 0 Å². The average Bonchev–Trinajstić information content (AvgIpc) is 2.81. The van der Waals surface area contributed by atoms with E-state index in [1.165, 1.54) is 24.2 Å². The number of hydrogen-bond acceptors (Lipinski definition) is 2. The Labute approximate surface area is 90.9 Å². The number of nitrogens with one attached hydrogen (secondary N) is 1. The molecule has 0 bridgehead atoms. The van der Waals surface area contributed by atoms with Crippen molar-refractivity contribution >= 4 is 0 Å². The minimum absolute atomic E-state index is 0.397. The lowest BCUT2D eigenvalue weighted by atomic mass is 9.74. The summed E-state index contributed by atoms with van der Waals surface area (Å²) in [5.74, 6) is 0.769. The lowest BCUT2D eigenvalue weighted by molar-refractivity contribution is 0.339. The van der Waals surface area contributed by atoms with E-state index in [2.05, 4.69) is 36.0 Å². The van der Waals surface area contributed by atoms with Crippen LogP contribution < -0.4 is 5.32 Å². The molecule has 2 unspecified atom stereocenters. The second-order valence-electron chi connectivity index (χ2n) is 5.22. The molecule has 2 aliphatic rings. The molecule has 3 rings (SSSR count). The zero-order valence-corrected chi connectivity index (χ0v) is 9.80. The van der Waals surface area contributed by atoms with Gasteiger partial charge in [0.2, 0.25) is 0 Å². The summed E-state index contributed by atoms with van der Waals surface area (Å²) in [6.45, 7) is 6.87. The van der Waals surface area contributed by atoms with E-state index in [0.717, 1.165) is 19.0 Å². The molecule has 3 nitrogen and oxygen atoms in total. The average molecular weight is 205 g/mol. The standard InChI is InChI=1S/C12H19N3/c1-8-6-10-11(9(2)14-15(10)3)12(8)4-5-13-7-12/h8,13H,4-7H2,1-3H3. The van der Waals surface area contributed by atoms with Gasteiger partial charge in [-0.3, -0.25) is 4.68 Å². The zero-order chi connectivity index (χ0) is 10.6. The molecule has 0 radical (unpaired) electrons. The van der Waals surface area contributed by atoms with Crippen LogP contribution in [0, 0.1) is 12.8 Å². The second kappa shape index (κ2) is 2.85. The molecule has 15 heavy (non-hydrogen) atoms. The topological polar surface area (TPSA) is 29.9 Å². The maximum atomic E-state index is 4.57. The predicted octanol–water partition coefficient (Wildman–Crippen LogP) is 1.15. The van der Waals surface area contributed by atoms with Crippen LogP contribution in [0.15, 0.2) is 0 Å². The minimum Gasteiger partial charge on any atom is -0.316 e. The van der Waals surface area contributed by atoms with E-state index in [4.69, 9.17) is 0 Å². The van der Waals surface area contributed by atoms with Gasteiger partial charge in [-0.2, -0.15) is 5.10 Å². The van der Waals surface area contributed by atoms with Crippen molar-refractivity contribution in [2.24, 2.45) is 13.0 Å². The van der Waals surface area contributed by atoms with Gasteiger partial charge in [-0.1, -0.05) is 6.92 Å². The molecule has 1 N–H and O–H groups in total. The molecule has 1 aliphatic carbocycles. The molecule has 1 aromatic rings. The summed E-state index contributed by atoms with van der Waals surface area (Å²) < 4.78 is 2.09. The number of nitrogens with zero attached hydrogens (tertiary/aromatic N) is 2. The Bertz CT molecular complexity index is 399. The number of hydrogen-bond donors (Lipinski definition) is 1. The quantitative estimate of drug-likeness (QED) is 0.688. The fraction of sp³-hybridized carbons (Fsp3) is 0.750. The number of aromatic nitrogens is 2. The summed E-state index contributed by atoms with van der Waals surface area (Å²) in [4.78, 5) is 0. The highest BCUT2D eigenvalue weighted by molar-refractivity contribution is 5.41. The lowest BCUT2D eigenvalue weighted by Crippen LogP contribution is -2.33. The fourth-order valence-corrected chi connectivity index (χ4v) is 3.66. The Balaban J connectivity index is 2.19. The molecule has 0 saturated carbocycles. The van der Waals surface area contributed by atoms with Crippen LogP contribution in [0.1, 0.15) is 30.3 Å². The van der Waals surface area contributed by atoms with Crippen LogP contribution in [0.4, 0.5) is 0 Å². The Morgan fingerprint density at radius 3 is 3.00 bits per heavy atom. The van der Waals surface area contributed by atoms with Gasteiger partial charge in [-0.25, -0.2) is 0 Å². The van der Waals surface area contributed by atoms with Crippen molar-refractivity contribution in [3.05, 3.63) is 17.0 Å². The van der Waals surface area contributed by atoms with E-state index in [1.54, 1.807) is 5.56 Å². The molecular weight excluding hydrogens is 186 g/mol. The third-order valence-electron chi connectivity index (χ3n) is 4.47. The number of fused-ring (bicyclic) bond motifs is 2. The molecule has 1 fully saturated rings. The monoisotopic (exact) mass is 205 g/mol. The minimum atomic E-state index is 0.397. The van der Waals surface area contributed by atoms with Gasteiger partial charge in [-0.15, -0.1) is 0 Å². The zero-order valence-electron chi connectivity index (χ0n) is 9.80. The smallest absolute Gasteiger partial charge is 0.0634 e.